The highest BCUT2D eigenvalue weighted by molar-refractivity contribution is 6.35. The molecule has 0 radical (unpaired) electrons. The number of carboxylic acid groups (broad SMARTS) is 1. The summed E-state index contributed by atoms with van der Waals surface area (Å²) >= 11 is 12.5. The highest BCUT2D eigenvalue weighted by Crippen LogP contribution is 2.34. The molecule has 6 nitrogen and oxygen atoms in total. The number of carboxylic acids is 1. The van der Waals surface area contributed by atoms with Gasteiger partial charge >= 0.3 is 5.97 Å². The molecule has 1 saturated carbocycles. The molecule has 0 spiro atoms. The zero-order valence-electron chi connectivity index (χ0n) is 18.6. The Morgan fingerprint density at radius 1 is 0.971 bits per heavy atom. The molecule has 3 aromatic rings. The monoisotopic (exact) mass is 500 g/mol. The van der Waals surface area contributed by atoms with Crippen LogP contribution in [0.4, 0.5) is 0 Å². The summed E-state index contributed by atoms with van der Waals surface area (Å²) in [4.78, 5) is 23.7. The molecule has 4 rings (SSSR count). The van der Waals surface area contributed by atoms with Gasteiger partial charge < -0.3 is 9.84 Å². The molecule has 0 unspecified atom stereocenters. The molecule has 178 valence electrons. The summed E-state index contributed by atoms with van der Waals surface area (Å²) in [5.41, 5.74) is 2.87. The molecule has 1 aromatic heterocycles. The van der Waals surface area contributed by atoms with Crippen LogP contribution in [0.1, 0.15) is 25.7 Å². The van der Waals surface area contributed by atoms with Crippen molar-refractivity contribution in [2.24, 2.45) is 11.8 Å². The number of benzene rings is 2. The Labute approximate surface area is 208 Å². The summed E-state index contributed by atoms with van der Waals surface area (Å²) in [5, 5.41) is 14.5. The normalized spacial score (nSPS) is 18.1. The van der Waals surface area contributed by atoms with E-state index >= 15 is 0 Å². The Kier molecular flexibility index (Phi) is 8.03. The van der Waals surface area contributed by atoms with Gasteiger partial charge in [0, 0.05) is 33.8 Å². The third kappa shape index (κ3) is 6.26. The van der Waals surface area contributed by atoms with Crippen molar-refractivity contribution in [3.63, 3.8) is 0 Å². The molecule has 1 fully saturated rings. The van der Waals surface area contributed by atoms with Gasteiger partial charge in [-0.3, -0.25) is 4.79 Å². The van der Waals surface area contributed by atoms with E-state index in [2.05, 4.69) is 0 Å². The molecule has 0 atom stereocenters. The molecule has 0 saturated heterocycles. The Bertz CT molecular complexity index is 1180. The first-order valence-corrected chi connectivity index (χ1v) is 12.1. The quantitative estimate of drug-likeness (QED) is 0.423. The summed E-state index contributed by atoms with van der Waals surface area (Å²) in [7, 11) is 0. The van der Waals surface area contributed by atoms with Gasteiger partial charge in [-0.2, -0.15) is 5.10 Å². The largest absolute Gasteiger partial charge is 0.480 e. The van der Waals surface area contributed by atoms with Crippen LogP contribution < -0.4 is 5.56 Å². The Balaban J connectivity index is 1.56. The molecule has 1 aliphatic rings. The first-order valence-electron chi connectivity index (χ1n) is 11.3. The average Bonchev–Trinajstić information content (AvgIpc) is 2.81. The van der Waals surface area contributed by atoms with E-state index in [-0.39, 0.29) is 12.2 Å². The van der Waals surface area contributed by atoms with Gasteiger partial charge in [-0.15, -0.1) is 0 Å². The van der Waals surface area contributed by atoms with Gasteiger partial charge in [0.15, 0.2) is 0 Å². The van der Waals surface area contributed by atoms with E-state index in [0.717, 1.165) is 36.8 Å². The maximum atomic E-state index is 13.1. The minimum atomic E-state index is -0.947. The molecule has 0 bridgehead atoms. The van der Waals surface area contributed by atoms with Crippen molar-refractivity contribution >= 4 is 29.2 Å². The van der Waals surface area contributed by atoms with E-state index in [1.165, 1.54) is 0 Å². The lowest BCUT2D eigenvalue weighted by Gasteiger charge is -2.28. The summed E-state index contributed by atoms with van der Waals surface area (Å²) in [6.07, 6.45) is 3.79. The minimum absolute atomic E-state index is 0.169. The third-order valence-electron chi connectivity index (χ3n) is 6.20. The summed E-state index contributed by atoms with van der Waals surface area (Å²) in [5.74, 6) is -0.261. The number of hydrogen-bond donors (Lipinski definition) is 1. The summed E-state index contributed by atoms with van der Waals surface area (Å²) < 4.78 is 6.82. The predicted molar refractivity (Wildman–Crippen MR) is 133 cm³/mol. The van der Waals surface area contributed by atoms with Crippen molar-refractivity contribution in [2.45, 2.75) is 32.2 Å². The summed E-state index contributed by atoms with van der Waals surface area (Å²) in [6.45, 7) is 0.746. The van der Waals surface area contributed by atoms with Crippen LogP contribution in [0.15, 0.2) is 59.4 Å². The third-order valence-corrected chi connectivity index (χ3v) is 6.63. The van der Waals surface area contributed by atoms with E-state index in [1.54, 1.807) is 28.9 Å². The second-order valence-corrected chi connectivity index (χ2v) is 9.62. The average molecular weight is 501 g/mol. The molecule has 0 amide bonds. The predicted octanol–water partition coefficient (Wildman–Crippen LogP) is 5.79. The van der Waals surface area contributed by atoms with Crippen LogP contribution in [0.25, 0.3) is 22.4 Å². The first kappa shape index (κ1) is 24.5. The van der Waals surface area contributed by atoms with Crippen LogP contribution in [-0.4, -0.2) is 34.1 Å². The van der Waals surface area contributed by atoms with Crippen LogP contribution in [-0.2, 0) is 16.1 Å². The van der Waals surface area contributed by atoms with Crippen molar-refractivity contribution in [3.05, 3.63) is 75.0 Å². The lowest BCUT2D eigenvalue weighted by molar-refractivity contribution is -0.142. The van der Waals surface area contributed by atoms with Gasteiger partial charge in [0.05, 0.1) is 12.3 Å². The number of nitrogens with zero attached hydrogens (tertiary/aromatic N) is 2. The lowest BCUT2D eigenvalue weighted by Crippen LogP contribution is -2.29. The molecule has 1 N–H and O–H groups in total. The fourth-order valence-corrected chi connectivity index (χ4v) is 5.02. The van der Waals surface area contributed by atoms with Crippen LogP contribution in [0.5, 0.6) is 0 Å². The molecular formula is C26H26Cl2N2O4. The fraction of sp³-hybridized carbons (Fsp3) is 0.346. The maximum Gasteiger partial charge on any atom is 0.329 e. The van der Waals surface area contributed by atoms with E-state index in [0.29, 0.717) is 46.3 Å². The van der Waals surface area contributed by atoms with Crippen molar-refractivity contribution in [1.82, 2.24) is 9.78 Å². The molecule has 1 aliphatic carbocycles. The van der Waals surface area contributed by atoms with Crippen molar-refractivity contribution in [1.29, 1.82) is 0 Å². The molecule has 2 aromatic carbocycles. The van der Waals surface area contributed by atoms with Gasteiger partial charge in [0.2, 0.25) is 0 Å². The van der Waals surface area contributed by atoms with Crippen LogP contribution in [0.3, 0.4) is 0 Å². The number of hydrogen-bond acceptors (Lipinski definition) is 4. The van der Waals surface area contributed by atoms with Gasteiger partial charge in [-0.1, -0.05) is 53.5 Å². The SMILES string of the molecule is O=C(O)COC[C@H]1CC[C@@H](Cn2nc(-c3ccccc3)c(-c3cc(Cl)cc(Cl)c3)cc2=O)CC1. The number of rotatable bonds is 8. The van der Waals surface area contributed by atoms with Gasteiger partial charge in [-0.25, -0.2) is 9.48 Å². The second-order valence-electron chi connectivity index (χ2n) is 8.75. The topological polar surface area (TPSA) is 81.4 Å². The van der Waals surface area contributed by atoms with E-state index in [4.69, 9.17) is 38.1 Å². The molecule has 34 heavy (non-hydrogen) atoms. The molecule has 1 heterocycles. The number of aliphatic carboxylic acids is 1. The summed E-state index contributed by atoms with van der Waals surface area (Å²) in [6, 6.07) is 16.6. The zero-order chi connectivity index (χ0) is 24.1. The Morgan fingerprint density at radius 3 is 2.26 bits per heavy atom. The van der Waals surface area contributed by atoms with Gasteiger partial charge in [0.1, 0.15) is 6.61 Å². The first-order chi connectivity index (χ1) is 16.4. The number of aromatic nitrogens is 2. The highest BCUT2D eigenvalue weighted by Gasteiger charge is 2.23. The second kappa shape index (κ2) is 11.2. The Morgan fingerprint density at radius 2 is 1.62 bits per heavy atom. The van der Waals surface area contributed by atoms with Crippen molar-refractivity contribution in [3.8, 4) is 22.4 Å². The lowest BCUT2D eigenvalue weighted by atomic mass is 9.82. The highest BCUT2D eigenvalue weighted by atomic mass is 35.5. The standard InChI is InChI=1S/C26H26Cl2N2O4/c27-21-10-20(11-22(28)12-21)23-13-24(31)30(29-26(23)19-4-2-1-3-5-19)14-17-6-8-18(9-7-17)15-34-16-25(32)33/h1-5,10-13,17-18H,6-9,14-16H2,(H,32,33)/t17-,18+. The Hall–Kier alpha value is -2.67. The number of ether oxygens (including phenoxy) is 1. The van der Waals surface area contributed by atoms with Crippen molar-refractivity contribution in [2.75, 3.05) is 13.2 Å². The van der Waals surface area contributed by atoms with Crippen molar-refractivity contribution < 1.29 is 14.6 Å². The zero-order valence-corrected chi connectivity index (χ0v) is 20.1. The van der Waals surface area contributed by atoms with Gasteiger partial charge in [0.25, 0.3) is 5.56 Å². The van der Waals surface area contributed by atoms with E-state index in [1.807, 2.05) is 30.3 Å². The molecule has 0 aliphatic heterocycles. The maximum absolute atomic E-state index is 13.1. The smallest absolute Gasteiger partial charge is 0.329 e. The van der Waals surface area contributed by atoms with Crippen LogP contribution in [0.2, 0.25) is 10.0 Å². The number of carbonyl (C=O) groups is 1. The minimum Gasteiger partial charge on any atom is -0.480 e. The fourth-order valence-electron chi connectivity index (χ4n) is 4.50. The van der Waals surface area contributed by atoms with Crippen LogP contribution in [0, 0.1) is 11.8 Å². The van der Waals surface area contributed by atoms with E-state index < -0.39 is 5.97 Å². The van der Waals surface area contributed by atoms with Crippen LogP contribution >= 0.6 is 23.2 Å². The van der Waals surface area contributed by atoms with E-state index in [9.17, 15) is 9.59 Å². The van der Waals surface area contributed by atoms with Gasteiger partial charge in [-0.05, 0) is 61.3 Å². The number of halogens is 2. The molecule has 8 heteroatoms. The molecular weight excluding hydrogens is 475 g/mol.